The standard InChI is InChI=1S/C13H18O5S/c1-17-10-3-4-11(12(7-10)18-2)13(14)9-5-6-19(15,16)8-9/h3-4,7,9,13-14H,5-6,8H2,1-2H3. The Morgan fingerprint density at radius 1 is 1.32 bits per heavy atom. The molecule has 6 heteroatoms. The topological polar surface area (TPSA) is 72.8 Å². The lowest BCUT2D eigenvalue weighted by atomic mass is 9.94. The Kier molecular flexibility index (Phi) is 4.01. The molecule has 1 aromatic carbocycles. The molecule has 2 atom stereocenters. The molecule has 106 valence electrons. The third-order valence-electron chi connectivity index (χ3n) is 3.47. The van der Waals surface area contributed by atoms with E-state index in [1.807, 2.05) is 0 Å². The van der Waals surface area contributed by atoms with Crippen LogP contribution >= 0.6 is 0 Å². The number of rotatable bonds is 4. The first-order valence-electron chi connectivity index (χ1n) is 6.07. The van der Waals surface area contributed by atoms with Gasteiger partial charge in [0.2, 0.25) is 0 Å². The predicted molar refractivity (Wildman–Crippen MR) is 71.3 cm³/mol. The fraction of sp³-hybridized carbons (Fsp3) is 0.538. The molecule has 0 aromatic heterocycles. The number of aliphatic hydroxyl groups excluding tert-OH is 1. The number of ether oxygens (including phenoxy) is 2. The number of hydrogen-bond donors (Lipinski definition) is 1. The second-order valence-corrected chi connectivity index (χ2v) is 6.94. The van der Waals surface area contributed by atoms with Crippen LogP contribution in [0.25, 0.3) is 0 Å². The molecule has 19 heavy (non-hydrogen) atoms. The van der Waals surface area contributed by atoms with E-state index in [-0.39, 0.29) is 17.4 Å². The Balaban J connectivity index is 2.26. The van der Waals surface area contributed by atoms with Crippen molar-refractivity contribution in [3.8, 4) is 11.5 Å². The molecule has 0 spiro atoms. The second kappa shape index (κ2) is 5.38. The minimum absolute atomic E-state index is 0.0311. The van der Waals surface area contributed by atoms with Gasteiger partial charge in [-0.1, -0.05) is 0 Å². The van der Waals surface area contributed by atoms with Crippen molar-refractivity contribution in [1.29, 1.82) is 0 Å². The SMILES string of the molecule is COc1ccc(C(O)C2CCS(=O)(=O)C2)c(OC)c1. The summed E-state index contributed by atoms with van der Waals surface area (Å²) >= 11 is 0. The molecule has 1 aliphatic heterocycles. The number of benzene rings is 1. The van der Waals surface area contributed by atoms with Crippen LogP contribution in [0.3, 0.4) is 0 Å². The zero-order valence-electron chi connectivity index (χ0n) is 11.0. The Morgan fingerprint density at radius 2 is 2.05 bits per heavy atom. The first-order valence-corrected chi connectivity index (χ1v) is 7.89. The fourth-order valence-corrected chi connectivity index (χ4v) is 4.22. The summed E-state index contributed by atoms with van der Waals surface area (Å²) in [7, 11) is 0.0539. The summed E-state index contributed by atoms with van der Waals surface area (Å²) in [5.74, 6) is 1.05. The van der Waals surface area contributed by atoms with Gasteiger partial charge in [0, 0.05) is 17.5 Å². The van der Waals surface area contributed by atoms with Crippen molar-refractivity contribution in [3.05, 3.63) is 23.8 Å². The van der Waals surface area contributed by atoms with E-state index in [1.54, 1.807) is 25.3 Å². The quantitative estimate of drug-likeness (QED) is 0.899. The maximum Gasteiger partial charge on any atom is 0.150 e. The monoisotopic (exact) mass is 286 g/mol. The van der Waals surface area contributed by atoms with Crippen LogP contribution < -0.4 is 9.47 Å². The molecular weight excluding hydrogens is 268 g/mol. The van der Waals surface area contributed by atoms with Gasteiger partial charge in [0.1, 0.15) is 11.5 Å². The van der Waals surface area contributed by atoms with Gasteiger partial charge in [-0.15, -0.1) is 0 Å². The van der Waals surface area contributed by atoms with Crippen molar-refractivity contribution in [2.24, 2.45) is 5.92 Å². The fourth-order valence-electron chi connectivity index (χ4n) is 2.39. The van der Waals surface area contributed by atoms with Crippen molar-refractivity contribution in [2.45, 2.75) is 12.5 Å². The van der Waals surface area contributed by atoms with Crippen LogP contribution in [0.2, 0.25) is 0 Å². The van der Waals surface area contributed by atoms with Crippen LogP contribution in [0.1, 0.15) is 18.1 Å². The molecule has 0 saturated carbocycles. The first-order chi connectivity index (χ1) is 8.96. The van der Waals surface area contributed by atoms with E-state index in [0.29, 0.717) is 23.5 Å². The van der Waals surface area contributed by atoms with Gasteiger partial charge >= 0.3 is 0 Å². The smallest absolute Gasteiger partial charge is 0.150 e. The number of aliphatic hydroxyl groups is 1. The highest BCUT2D eigenvalue weighted by atomic mass is 32.2. The summed E-state index contributed by atoms with van der Waals surface area (Å²) < 4.78 is 33.3. The summed E-state index contributed by atoms with van der Waals surface area (Å²) in [5, 5.41) is 10.3. The molecule has 2 rings (SSSR count). The zero-order chi connectivity index (χ0) is 14.0. The number of methoxy groups -OCH3 is 2. The van der Waals surface area contributed by atoms with Crippen molar-refractivity contribution >= 4 is 9.84 Å². The van der Waals surface area contributed by atoms with E-state index >= 15 is 0 Å². The van der Waals surface area contributed by atoms with E-state index in [1.165, 1.54) is 7.11 Å². The third kappa shape index (κ3) is 3.01. The van der Waals surface area contributed by atoms with Crippen LogP contribution in [0, 0.1) is 5.92 Å². The number of sulfone groups is 1. The van der Waals surface area contributed by atoms with Crippen LogP contribution in [0.15, 0.2) is 18.2 Å². The average Bonchev–Trinajstić information content (AvgIpc) is 2.77. The van der Waals surface area contributed by atoms with Gasteiger partial charge in [-0.3, -0.25) is 0 Å². The molecule has 0 aliphatic carbocycles. The lowest BCUT2D eigenvalue weighted by Gasteiger charge is -2.20. The van der Waals surface area contributed by atoms with Crippen molar-refractivity contribution in [3.63, 3.8) is 0 Å². The van der Waals surface area contributed by atoms with Crippen LogP contribution in [0.5, 0.6) is 11.5 Å². The summed E-state index contributed by atoms with van der Waals surface area (Å²) in [4.78, 5) is 0. The largest absolute Gasteiger partial charge is 0.497 e. The van der Waals surface area contributed by atoms with Gasteiger partial charge in [-0.25, -0.2) is 8.42 Å². The normalized spacial score (nSPS) is 23.0. The van der Waals surface area contributed by atoms with Gasteiger partial charge < -0.3 is 14.6 Å². The van der Waals surface area contributed by atoms with Crippen molar-refractivity contribution in [1.82, 2.24) is 0 Å². The molecule has 1 fully saturated rings. The molecule has 2 unspecified atom stereocenters. The summed E-state index contributed by atoms with van der Waals surface area (Å²) in [6, 6.07) is 5.12. The Hall–Kier alpha value is -1.27. The predicted octanol–water partition coefficient (Wildman–Crippen LogP) is 1.17. The first kappa shape index (κ1) is 14.1. The van der Waals surface area contributed by atoms with Crippen LogP contribution in [-0.4, -0.2) is 39.2 Å². The van der Waals surface area contributed by atoms with E-state index in [2.05, 4.69) is 0 Å². The lowest BCUT2D eigenvalue weighted by Crippen LogP contribution is -2.15. The highest BCUT2D eigenvalue weighted by Gasteiger charge is 2.34. The van der Waals surface area contributed by atoms with Crippen molar-refractivity contribution < 1.29 is 23.0 Å². The molecular formula is C13H18O5S. The number of hydrogen-bond acceptors (Lipinski definition) is 5. The van der Waals surface area contributed by atoms with E-state index in [4.69, 9.17) is 9.47 Å². The zero-order valence-corrected chi connectivity index (χ0v) is 11.8. The van der Waals surface area contributed by atoms with Gasteiger partial charge in [0.25, 0.3) is 0 Å². The minimum Gasteiger partial charge on any atom is -0.497 e. The maximum absolute atomic E-state index is 11.5. The second-order valence-electron chi connectivity index (χ2n) is 4.72. The maximum atomic E-state index is 11.5. The highest BCUT2D eigenvalue weighted by molar-refractivity contribution is 7.91. The Morgan fingerprint density at radius 3 is 2.58 bits per heavy atom. The molecule has 0 amide bonds. The van der Waals surface area contributed by atoms with E-state index in [0.717, 1.165) is 0 Å². The van der Waals surface area contributed by atoms with E-state index in [9.17, 15) is 13.5 Å². The molecule has 1 heterocycles. The molecule has 1 aromatic rings. The highest BCUT2D eigenvalue weighted by Crippen LogP contribution is 2.37. The molecule has 0 radical (unpaired) electrons. The van der Waals surface area contributed by atoms with Gasteiger partial charge in [0.15, 0.2) is 9.84 Å². The van der Waals surface area contributed by atoms with Crippen LogP contribution in [-0.2, 0) is 9.84 Å². The summed E-state index contributed by atoms with van der Waals surface area (Å²) in [6.45, 7) is 0. The molecule has 5 nitrogen and oxygen atoms in total. The minimum atomic E-state index is -3.01. The Labute approximate surface area is 113 Å². The summed E-state index contributed by atoms with van der Waals surface area (Å²) in [6.07, 6.45) is -0.350. The van der Waals surface area contributed by atoms with Gasteiger partial charge in [-0.2, -0.15) is 0 Å². The van der Waals surface area contributed by atoms with Gasteiger partial charge in [0.05, 0.1) is 31.8 Å². The Bertz CT molecular complexity index is 552. The van der Waals surface area contributed by atoms with Gasteiger partial charge in [-0.05, 0) is 18.6 Å². The molecule has 1 aliphatic rings. The third-order valence-corrected chi connectivity index (χ3v) is 5.27. The van der Waals surface area contributed by atoms with Crippen molar-refractivity contribution in [2.75, 3.05) is 25.7 Å². The lowest BCUT2D eigenvalue weighted by molar-refractivity contribution is 0.118. The average molecular weight is 286 g/mol. The van der Waals surface area contributed by atoms with Crippen LogP contribution in [0.4, 0.5) is 0 Å². The molecule has 1 saturated heterocycles. The summed E-state index contributed by atoms with van der Waals surface area (Å²) in [5.41, 5.74) is 0.602. The molecule has 1 N–H and O–H groups in total. The van der Waals surface area contributed by atoms with E-state index < -0.39 is 15.9 Å². The molecule has 0 bridgehead atoms.